The molecule has 1 saturated carbocycles. The molecule has 0 bridgehead atoms. The second-order valence-electron chi connectivity index (χ2n) is 21.7. The molecular weight excluding hydrogens is 945 g/mol. The van der Waals surface area contributed by atoms with E-state index in [2.05, 4.69) is 47.9 Å². The Morgan fingerprint density at radius 1 is 0.890 bits per heavy atom. The van der Waals surface area contributed by atoms with Gasteiger partial charge in [0.05, 0.1) is 41.8 Å². The van der Waals surface area contributed by atoms with E-state index in [1.165, 1.54) is 11.9 Å². The molecule has 2 aromatic heterocycles. The number of fused-ring (bicyclic) bond motifs is 2. The van der Waals surface area contributed by atoms with Crippen LogP contribution in [-0.2, 0) is 30.6 Å². The van der Waals surface area contributed by atoms with Crippen molar-refractivity contribution in [3.8, 4) is 11.5 Å². The zero-order valence-corrected chi connectivity index (χ0v) is 44.3. The Morgan fingerprint density at radius 2 is 1.63 bits per heavy atom. The van der Waals surface area contributed by atoms with Gasteiger partial charge in [0.2, 0.25) is 23.7 Å². The summed E-state index contributed by atoms with van der Waals surface area (Å²) in [5, 5.41) is 10.3. The zero-order valence-electron chi connectivity index (χ0n) is 43.4. The van der Waals surface area contributed by atoms with Crippen molar-refractivity contribution in [1.82, 2.24) is 35.5 Å². The molecule has 2 aromatic carbocycles. The Labute approximate surface area is 429 Å². The number of hydrogen-bond acceptors (Lipinski definition) is 14. The zero-order chi connectivity index (χ0) is 51.6. The lowest BCUT2D eigenvalue weighted by Crippen LogP contribution is -2.57. The van der Waals surface area contributed by atoms with Crippen LogP contribution in [0.25, 0.3) is 10.9 Å². The third-order valence-electron chi connectivity index (χ3n) is 15.7. The summed E-state index contributed by atoms with van der Waals surface area (Å²) in [6.07, 6.45) is 13.5. The maximum Gasteiger partial charge on any atom is 0.246 e. The Hall–Kier alpha value is -6.17. The van der Waals surface area contributed by atoms with Crippen LogP contribution in [0.5, 0.6) is 11.5 Å². The van der Waals surface area contributed by atoms with E-state index in [1.54, 1.807) is 50.2 Å². The minimum atomic E-state index is -3.87. The number of rotatable bonds is 14. The summed E-state index contributed by atoms with van der Waals surface area (Å²) in [7, 11) is -3.87. The molecule has 390 valence electrons. The van der Waals surface area contributed by atoms with E-state index in [9.17, 15) is 22.8 Å². The van der Waals surface area contributed by atoms with Crippen LogP contribution in [0.3, 0.4) is 0 Å². The number of benzene rings is 2. The molecule has 0 unspecified atom stereocenters. The number of nitrogens with one attached hydrogen (secondary N) is 3. The van der Waals surface area contributed by atoms with Crippen LogP contribution < -0.4 is 30.3 Å². The van der Waals surface area contributed by atoms with E-state index in [-0.39, 0.29) is 65.3 Å². The second-order valence-corrected chi connectivity index (χ2v) is 24.4. The number of sulfone groups is 1. The highest BCUT2D eigenvalue weighted by molar-refractivity contribution is 7.92. The van der Waals surface area contributed by atoms with Crippen molar-refractivity contribution in [2.45, 2.75) is 165 Å². The first kappa shape index (κ1) is 51.7. The minimum absolute atomic E-state index is 0.0164. The lowest BCUT2D eigenvalue weighted by molar-refractivity contribution is -0.143. The Kier molecular flexibility index (Phi) is 15.4. The number of hydrogen-bond donors (Lipinski definition) is 3. The molecule has 5 heterocycles. The van der Waals surface area contributed by atoms with Gasteiger partial charge in [0.1, 0.15) is 52.9 Å². The molecule has 17 nitrogen and oxygen atoms in total. The van der Waals surface area contributed by atoms with E-state index >= 15 is 0 Å². The van der Waals surface area contributed by atoms with Crippen molar-refractivity contribution < 1.29 is 32.3 Å². The van der Waals surface area contributed by atoms with Crippen LogP contribution in [0, 0.1) is 11.8 Å². The summed E-state index contributed by atoms with van der Waals surface area (Å²) >= 11 is 0. The average Bonchev–Trinajstić information content (AvgIpc) is 3.96. The summed E-state index contributed by atoms with van der Waals surface area (Å²) in [4.78, 5) is 69.5. The molecular formula is C55H72N10O7S. The lowest BCUT2D eigenvalue weighted by atomic mass is 9.83. The number of likely N-dealkylation sites (tertiary alicyclic amines) is 1. The number of carbonyl (C=O) groups is 3. The molecule has 0 spiro atoms. The van der Waals surface area contributed by atoms with Gasteiger partial charge in [-0.05, 0) is 107 Å². The predicted octanol–water partition coefficient (Wildman–Crippen LogP) is 7.85. The number of aryl methyl sites for hydroxylation is 1. The van der Waals surface area contributed by atoms with Gasteiger partial charge < -0.3 is 35.2 Å². The topological polar surface area (TPSA) is 210 Å². The lowest BCUT2D eigenvalue weighted by Gasteiger charge is -2.35. The smallest absolute Gasteiger partial charge is 0.246 e. The van der Waals surface area contributed by atoms with Crippen molar-refractivity contribution in [3.05, 3.63) is 77.4 Å². The maximum atomic E-state index is 14.9. The molecule has 73 heavy (non-hydrogen) atoms. The van der Waals surface area contributed by atoms with E-state index in [1.807, 2.05) is 39.8 Å². The minimum Gasteiger partial charge on any atom is -0.489 e. The van der Waals surface area contributed by atoms with Gasteiger partial charge in [-0.15, -0.1) is 0 Å². The average molecular weight is 1020 g/mol. The number of aromatic nitrogens is 4. The predicted molar refractivity (Wildman–Crippen MR) is 281 cm³/mol. The summed E-state index contributed by atoms with van der Waals surface area (Å²) in [5.41, 5.74) is 5.07. The second kappa shape index (κ2) is 21.7. The monoisotopic (exact) mass is 1020 g/mol. The van der Waals surface area contributed by atoms with Gasteiger partial charge in [0.15, 0.2) is 15.6 Å². The van der Waals surface area contributed by atoms with E-state index in [0.717, 1.165) is 68.1 Å². The highest BCUT2D eigenvalue weighted by Crippen LogP contribution is 2.39. The molecule has 2 aliphatic carbocycles. The number of amidine groups is 1. The van der Waals surface area contributed by atoms with E-state index < -0.39 is 32.8 Å². The van der Waals surface area contributed by atoms with Crippen LogP contribution in [0.15, 0.2) is 76.2 Å². The van der Waals surface area contributed by atoms with Crippen molar-refractivity contribution >= 4 is 56.1 Å². The maximum absolute atomic E-state index is 14.9. The van der Waals surface area contributed by atoms with Crippen molar-refractivity contribution in [1.29, 1.82) is 0 Å². The first-order valence-corrected chi connectivity index (χ1v) is 27.9. The molecule has 18 heteroatoms. The Bertz CT molecular complexity index is 2870. The number of amides is 3. The largest absolute Gasteiger partial charge is 0.489 e. The molecule has 5 aliphatic rings. The van der Waals surface area contributed by atoms with E-state index in [4.69, 9.17) is 19.4 Å². The van der Waals surface area contributed by atoms with Crippen LogP contribution in [0.1, 0.15) is 136 Å². The quantitative estimate of drug-likeness (QED) is 0.110. The molecule has 0 radical (unpaired) electrons. The number of nitrogens with zero attached hydrogens (tertiary/aromatic N) is 7. The molecule has 3 N–H and O–H groups in total. The van der Waals surface area contributed by atoms with Gasteiger partial charge in [-0.1, -0.05) is 57.4 Å². The van der Waals surface area contributed by atoms with Crippen molar-refractivity contribution in [3.63, 3.8) is 0 Å². The fraction of sp³-hybridized carbons (Fsp3) is 0.564. The molecule has 3 fully saturated rings. The SMILES string of the molecule is CC[C@@H](C)C(=O)N[C@H](C(=O)N1C[C@@H](Oc2cnc(N3CCC(Oc4cc5ncnc(NC6=NCC(C)=C6C)c5cc4S(=O)(=O)C(C)(C)C)CC3)nc2)C[C@H]1C(=O)N[C@@H]1CCCc2ccccc21)C1CCCCC1. The molecule has 9 rings (SSSR count). The fourth-order valence-electron chi connectivity index (χ4n) is 10.8. The Balaban J connectivity index is 0.884. The molecule has 2 saturated heterocycles. The third kappa shape index (κ3) is 11.2. The van der Waals surface area contributed by atoms with Crippen LogP contribution in [0.2, 0.25) is 0 Å². The van der Waals surface area contributed by atoms with E-state index in [0.29, 0.717) is 73.2 Å². The number of ether oxygens (including phenoxy) is 2. The van der Waals surface area contributed by atoms with Gasteiger partial charge in [0, 0.05) is 49.7 Å². The number of anilines is 2. The van der Waals surface area contributed by atoms with Crippen molar-refractivity contribution in [2.24, 2.45) is 16.8 Å². The third-order valence-corrected chi connectivity index (χ3v) is 18.2. The number of carbonyl (C=O) groups excluding carboxylic acids is 3. The van der Waals surface area contributed by atoms with Gasteiger partial charge in [-0.3, -0.25) is 19.4 Å². The fourth-order valence-corrected chi connectivity index (χ4v) is 12.1. The molecule has 3 aliphatic heterocycles. The summed E-state index contributed by atoms with van der Waals surface area (Å²) < 4.78 is 40.4. The first-order chi connectivity index (χ1) is 35.0. The molecule has 4 aromatic rings. The van der Waals surface area contributed by atoms with Crippen molar-refractivity contribution in [2.75, 3.05) is 36.4 Å². The number of piperidine rings is 1. The Morgan fingerprint density at radius 3 is 2.33 bits per heavy atom. The summed E-state index contributed by atoms with van der Waals surface area (Å²) in [6.45, 7) is 14.8. The van der Waals surface area contributed by atoms with Gasteiger partial charge >= 0.3 is 0 Å². The molecule has 3 amide bonds. The van der Waals surface area contributed by atoms with Gasteiger partial charge in [-0.2, -0.15) is 0 Å². The van der Waals surface area contributed by atoms with Gasteiger partial charge in [0.25, 0.3) is 0 Å². The van der Waals surface area contributed by atoms with Gasteiger partial charge in [-0.25, -0.2) is 28.4 Å². The van der Waals surface area contributed by atoms with Crippen LogP contribution >= 0.6 is 0 Å². The number of aliphatic imine (C=N–C) groups is 1. The van der Waals surface area contributed by atoms with Crippen LogP contribution in [-0.4, -0.2) is 112 Å². The standard InChI is InChI=1S/C55H72N10O7S/c1-8-33(2)51(66)62-48(37-16-10-9-11-17-37)53(68)65-31-39(25-45(65)52(67)61-43-20-14-18-36-15-12-13-19-41(36)43)71-40-29-57-54(58-30-40)64-23-21-38(22-24-64)72-46-27-44-42(26-47(46)73(69,70)55(5,6)7)50(60-32-59-44)63-49-35(4)34(3)28-56-49/h12-13,15,19,26-27,29-30,32-33,37-39,43,45,48H,8-11,14,16-18,20-25,28,31H2,1-7H3,(H,61,67)(H,62,66)(H,56,59,60,63)/t33-,39+,43-,45+,48+/m1/s1. The normalized spacial score (nSPS) is 21.8. The van der Waals surface area contributed by atoms with Crippen LogP contribution in [0.4, 0.5) is 11.8 Å². The summed E-state index contributed by atoms with van der Waals surface area (Å²) in [6, 6.07) is 9.85. The summed E-state index contributed by atoms with van der Waals surface area (Å²) in [5.74, 6) is 1.47. The molecule has 5 atom stereocenters. The first-order valence-electron chi connectivity index (χ1n) is 26.4. The highest BCUT2D eigenvalue weighted by Gasteiger charge is 2.46. The highest BCUT2D eigenvalue weighted by atomic mass is 32.2.